The van der Waals surface area contributed by atoms with E-state index in [4.69, 9.17) is 0 Å². The quantitative estimate of drug-likeness (QED) is 0.585. The molecule has 10 heteroatoms. The summed E-state index contributed by atoms with van der Waals surface area (Å²) in [7, 11) is 0. The number of carboxylic acids is 1. The van der Waals surface area contributed by atoms with Gasteiger partial charge in [-0.15, -0.1) is 11.3 Å². The summed E-state index contributed by atoms with van der Waals surface area (Å²) in [4.78, 5) is 31.1. The normalized spacial score (nSPS) is 24.8. The van der Waals surface area contributed by atoms with E-state index in [2.05, 4.69) is 4.98 Å². The van der Waals surface area contributed by atoms with Crippen LogP contribution in [0.3, 0.4) is 0 Å². The molecule has 1 unspecified atom stereocenters. The number of rotatable bonds is 4. The van der Waals surface area contributed by atoms with Gasteiger partial charge in [-0.25, -0.2) is 4.79 Å². The van der Waals surface area contributed by atoms with Crippen molar-refractivity contribution in [1.82, 2.24) is 14.3 Å². The van der Waals surface area contributed by atoms with Crippen LogP contribution in [-0.2, 0) is 20.8 Å². The first kappa shape index (κ1) is 17.5. The molecule has 0 aromatic carbocycles. The van der Waals surface area contributed by atoms with Gasteiger partial charge < -0.3 is 19.7 Å². The number of hydrogen-bond acceptors (Lipinski definition) is 6. The molecule has 1 fully saturated rings. The van der Waals surface area contributed by atoms with Gasteiger partial charge in [-0.05, 0) is 20.3 Å². The molecule has 0 spiro atoms. The first-order valence-corrected chi connectivity index (χ1v) is 10.4. The molecule has 1 amide bonds. The van der Waals surface area contributed by atoms with Gasteiger partial charge in [0.25, 0.3) is 5.03 Å². The number of aliphatic hydroxyl groups excluding tert-OH is 1. The molecular formula is C16H17N3O5S2. The van der Waals surface area contributed by atoms with E-state index in [0.717, 1.165) is 0 Å². The maximum Gasteiger partial charge on any atom is 0.352 e. The fraction of sp³-hybridized carbons (Fsp3) is 0.438. The average molecular weight is 395 g/mol. The van der Waals surface area contributed by atoms with Gasteiger partial charge in [0.2, 0.25) is 5.91 Å². The van der Waals surface area contributed by atoms with Crippen molar-refractivity contribution in [2.45, 2.75) is 37.4 Å². The Kier molecular flexibility index (Phi) is 3.92. The highest BCUT2D eigenvalue weighted by Crippen LogP contribution is 2.48. The minimum Gasteiger partial charge on any atom is -0.610 e. The second kappa shape index (κ2) is 5.81. The molecule has 1 saturated heterocycles. The first-order valence-electron chi connectivity index (χ1n) is 8.02. The van der Waals surface area contributed by atoms with Crippen molar-refractivity contribution in [3.8, 4) is 0 Å². The molecule has 2 aliphatic rings. The smallest absolute Gasteiger partial charge is 0.352 e. The van der Waals surface area contributed by atoms with Crippen LogP contribution in [0.15, 0.2) is 16.9 Å². The van der Waals surface area contributed by atoms with Crippen molar-refractivity contribution in [3.05, 3.63) is 22.6 Å². The number of aromatic nitrogens is 2. The summed E-state index contributed by atoms with van der Waals surface area (Å²) in [6.45, 7) is 3.34. The SMILES string of the molecule is Cc1nc([S+](C)[O-])c2sc(C3=C(C(=O)O)N4C(=O)[C@H]([C@@H](C)O)[C@H]4C3)cn12. The molecule has 0 bridgehead atoms. The van der Waals surface area contributed by atoms with E-state index in [9.17, 15) is 24.4 Å². The third kappa shape index (κ3) is 2.26. The Morgan fingerprint density at radius 3 is 2.81 bits per heavy atom. The van der Waals surface area contributed by atoms with Crippen LogP contribution < -0.4 is 0 Å². The second-order valence-electron chi connectivity index (χ2n) is 6.57. The van der Waals surface area contributed by atoms with Crippen molar-refractivity contribution < 1.29 is 24.4 Å². The van der Waals surface area contributed by atoms with Crippen LogP contribution in [0.5, 0.6) is 0 Å². The van der Waals surface area contributed by atoms with Crippen LogP contribution in [0.25, 0.3) is 10.4 Å². The number of amides is 1. The number of carbonyl (C=O) groups is 2. The van der Waals surface area contributed by atoms with Crippen LogP contribution in [0.2, 0.25) is 0 Å². The van der Waals surface area contributed by atoms with E-state index >= 15 is 0 Å². The fourth-order valence-corrected chi connectivity index (χ4v) is 5.98. The largest absolute Gasteiger partial charge is 0.610 e. The number of carboxylic acid groups (broad SMARTS) is 1. The van der Waals surface area contributed by atoms with E-state index in [1.54, 1.807) is 30.7 Å². The van der Waals surface area contributed by atoms with Gasteiger partial charge in [0.15, 0.2) is 4.83 Å². The number of β-lactam (4-membered cyclic amide) rings is 1. The number of fused-ring (bicyclic) bond motifs is 2. The number of thiazole rings is 1. The van der Waals surface area contributed by atoms with Crippen molar-refractivity contribution in [2.24, 2.45) is 5.92 Å². The third-order valence-electron chi connectivity index (χ3n) is 4.97. The van der Waals surface area contributed by atoms with Crippen molar-refractivity contribution in [2.75, 3.05) is 6.26 Å². The highest BCUT2D eigenvalue weighted by molar-refractivity contribution is 7.91. The average Bonchev–Trinajstić information content (AvgIpc) is 3.17. The van der Waals surface area contributed by atoms with Gasteiger partial charge in [0.05, 0.1) is 22.9 Å². The minimum atomic E-state index is -1.26. The molecule has 4 rings (SSSR count). The molecule has 0 aliphatic carbocycles. The lowest BCUT2D eigenvalue weighted by atomic mass is 9.83. The molecule has 4 atom stereocenters. The number of imidazole rings is 1. The van der Waals surface area contributed by atoms with Crippen LogP contribution in [0.4, 0.5) is 0 Å². The van der Waals surface area contributed by atoms with Gasteiger partial charge in [-0.2, -0.15) is 4.98 Å². The Balaban J connectivity index is 1.82. The highest BCUT2D eigenvalue weighted by Gasteiger charge is 2.57. The molecule has 2 aliphatic heterocycles. The molecule has 2 N–H and O–H groups in total. The van der Waals surface area contributed by atoms with Crippen molar-refractivity contribution in [3.63, 3.8) is 0 Å². The number of aliphatic carboxylic acids is 1. The molecule has 0 radical (unpaired) electrons. The standard InChI is InChI=1S/C16H17N3O5S2/c1-6(20)11-9-4-8(12(16(22)23)19(9)14(11)21)10-5-18-7(2)17-13(26(3)24)15(18)25-10/h5-6,9,11,20H,4H2,1-3H3,(H,22,23)/t6-,9-,11-,26?/m1/s1. The number of carbonyl (C=O) groups excluding carboxylic acids is 1. The topological polar surface area (TPSA) is 118 Å². The van der Waals surface area contributed by atoms with E-state index in [1.807, 2.05) is 0 Å². The monoisotopic (exact) mass is 395 g/mol. The maximum atomic E-state index is 12.3. The summed E-state index contributed by atoms with van der Waals surface area (Å²) in [5.74, 6) is -1.42. The maximum absolute atomic E-state index is 12.3. The molecule has 0 saturated carbocycles. The lowest BCUT2D eigenvalue weighted by molar-refractivity contribution is -0.161. The summed E-state index contributed by atoms with van der Waals surface area (Å²) >= 11 is 0.0608. The van der Waals surface area contributed by atoms with Crippen molar-refractivity contribution in [1.29, 1.82) is 0 Å². The van der Waals surface area contributed by atoms with Crippen LogP contribution in [0, 0.1) is 12.8 Å². The molecule has 26 heavy (non-hydrogen) atoms. The molecule has 8 nitrogen and oxygen atoms in total. The minimum absolute atomic E-state index is 0.0220. The number of aryl methyl sites for hydroxylation is 1. The Hall–Kier alpha value is -1.88. The zero-order valence-electron chi connectivity index (χ0n) is 14.3. The zero-order chi connectivity index (χ0) is 18.9. The number of nitrogens with zero attached hydrogens (tertiary/aromatic N) is 3. The van der Waals surface area contributed by atoms with Gasteiger partial charge in [0.1, 0.15) is 17.8 Å². The molecule has 4 heterocycles. The highest BCUT2D eigenvalue weighted by atomic mass is 32.2. The fourth-order valence-electron chi connectivity index (χ4n) is 3.81. The number of aliphatic hydroxyl groups is 1. The van der Waals surface area contributed by atoms with E-state index in [-0.39, 0.29) is 17.6 Å². The first-order chi connectivity index (χ1) is 12.2. The lowest BCUT2D eigenvalue weighted by Gasteiger charge is -2.44. The summed E-state index contributed by atoms with van der Waals surface area (Å²) in [5, 5.41) is 20.0. The lowest BCUT2D eigenvalue weighted by Crippen LogP contribution is -2.61. The van der Waals surface area contributed by atoms with Gasteiger partial charge in [-0.3, -0.25) is 9.20 Å². The summed E-state index contributed by atoms with van der Waals surface area (Å²) < 4.78 is 13.7. The Labute approximate surface area is 155 Å². The Bertz CT molecular complexity index is 974. The zero-order valence-corrected chi connectivity index (χ0v) is 15.9. The Morgan fingerprint density at radius 1 is 1.54 bits per heavy atom. The van der Waals surface area contributed by atoms with Crippen molar-refractivity contribution >= 4 is 44.8 Å². The molecule has 138 valence electrons. The molecule has 2 aromatic rings. The van der Waals surface area contributed by atoms with Gasteiger partial charge >= 0.3 is 5.97 Å². The predicted molar refractivity (Wildman–Crippen MR) is 95.1 cm³/mol. The molecular weight excluding hydrogens is 378 g/mol. The van der Waals surface area contributed by atoms with E-state index in [1.165, 1.54) is 16.2 Å². The Morgan fingerprint density at radius 2 is 2.23 bits per heavy atom. The molecule has 2 aromatic heterocycles. The van der Waals surface area contributed by atoms with E-state index in [0.29, 0.717) is 32.6 Å². The second-order valence-corrected chi connectivity index (χ2v) is 8.89. The van der Waals surface area contributed by atoms with Crippen LogP contribution >= 0.6 is 11.3 Å². The van der Waals surface area contributed by atoms with E-state index < -0.39 is 29.2 Å². The summed E-state index contributed by atoms with van der Waals surface area (Å²) in [5.41, 5.74) is 0.547. The van der Waals surface area contributed by atoms with Crippen LogP contribution in [0.1, 0.15) is 24.0 Å². The van der Waals surface area contributed by atoms with Gasteiger partial charge in [0, 0.05) is 22.9 Å². The summed E-state index contributed by atoms with van der Waals surface area (Å²) in [6, 6.07) is -0.330. The van der Waals surface area contributed by atoms with Gasteiger partial charge in [-0.1, -0.05) is 0 Å². The predicted octanol–water partition coefficient (Wildman–Crippen LogP) is 0.849. The summed E-state index contributed by atoms with van der Waals surface area (Å²) in [6.07, 6.45) is 2.89. The van der Waals surface area contributed by atoms with Crippen LogP contribution in [-0.4, -0.2) is 59.3 Å². The number of hydrogen-bond donors (Lipinski definition) is 2. The third-order valence-corrected chi connectivity index (χ3v) is 7.08.